The molecule has 1 aromatic heterocycles. The lowest BCUT2D eigenvalue weighted by atomic mass is 10.1. The summed E-state index contributed by atoms with van der Waals surface area (Å²) in [7, 11) is 0. The van der Waals surface area contributed by atoms with Crippen LogP contribution in [-0.4, -0.2) is 22.1 Å². The monoisotopic (exact) mass is 264 g/mol. The molecule has 1 amide bonds. The molecule has 8 heteroatoms. The molecule has 0 spiro atoms. The Morgan fingerprint density at radius 2 is 2.26 bits per heavy atom. The quantitative estimate of drug-likeness (QED) is 0.333. The Kier molecular flexibility index (Phi) is 3.42. The van der Waals surface area contributed by atoms with Gasteiger partial charge in [0.05, 0.1) is 5.69 Å². The molecule has 98 valence electrons. The van der Waals surface area contributed by atoms with E-state index in [1.165, 1.54) is 18.4 Å². The zero-order valence-corrected chi connectivity index (χ0v) is 9.50. The van der Waals surface area contributed by atoms with Gasteiger partial charge < -0.3 is 20.8 Å². The number of aromatic nitrogens is 1. The number of amides is 1. The summed E-state index contributed by atoms with van der Waals surface area (Å²) in [6.45, 7) is 0. The average molecular weight is 264 g/mol. The van der Waals surface area contributed by atoms with E-state index in [1.807, 2.05) is 0 Å². The highest BCUT2D eigenvalue weighted by molar-refractivity contribution is 6.09. The van der Waals surface area contributed by atoms with Crippen LogP contribution in [0.5, 0.6) is 0 Å². The van der Waals surface area contributed by atoms with Crippen LogP contribution in [-0.2, 0) is 0 Å². The first-order chi connectivity index (χ1) is 9.11. The second-order valence-electron chi connectivity index (χ2n) is 3.51. The Balaban J connectivity index is 2.32. The number of nitrogens with one attached hydrogen (secondary N) is 1. The predicted octanol–water partition coefficient (Wildman–Crippen LogP) is 1.16. The predicted molar refractivity (Wildman–Crippen MR) is 63.4 cm³/mol. The maximum Gasteiger partial charge on any atom is 0.277 e. The van der Waals surface area contributed by atoms with Crippen molar-refractivity contribution in [1.29, 1.82) is 0 Å². The Morgan fingerprint density at radius 1 is 1.47 bits per heavy atom. The summed E-state index contributed by atoms with van der Waals surface area (Å²) in [6, 6.07) is 4.82. The second-order valence-corrected chi connectivity index (χ2v) is 3.51. The van der Waals surface area contributed by atoms with E-state index in [0.29, 0.717) is 0 Å². The number of carbonyl (C=O) groups excluding carboxylic acids is 1. The van der Waals surface area contributed by atoms with E-state index in [-0.39, 0.29) is 22.8 Å². The van der Waals surface area contributed by atoms with E-state index in [1.54, 1.807) is 0 Å². The number of oxime groups is 1. The molecule has 0 aliphatic heterocycles. The molecule has 0 aliphatic rings. The number of amidine groups is 1. The van der Waals surface area contributed by atoms with Gasteiger partial charge in [0.25, 0.3) is 5.91 Å². The fraction of sp³-hybridized carbons (Fsp3) is 0. The lowest BCUT2D eigenvalue weighted by molar-refractivity contribution is 0.101. The minimum atomic E-state index is -0.582. The fourth-order valence-electron chi connectivity index (χ4n) is 1.41. The minimum Gasteiger partial charge on any atom is -0.409 e. The SMILES string of the molecule is N/C(=N/O)c1cc(F)ccc1NC(=O)c1ccon1. The Labute approximate surface area is 106 Å². The van der Waals surface area contributed by atoms with Crippen molar-refractivity contribution in [2.45, 2.75) is 0 Å². The molecule has 1 heterocycles. The third-order valence-corrected chi connectivity index (χ3v) is 2.28. The maximum absolute atomic E-state index is 13.1. The van der Waals surface area contributed by atoms with Gasteiger partial charge in [0.15, 0.2) is 11.5 Å². The van der Waals surface area contributed by atoms with Gasteiger partial charge in [-0.15, -0.1) is 0 Å². The van der Waals surface area contributed by atoms with Crippen molar-refractivity contribution in [3.8, 4) is 0 Å². The highest BCUT2D eigenvalue weighted by Crippen LogP contribution is 2.17. The zero-order chi connectivity index (χ0) is 13.8. The van der Waals surface area contributed by atoms with E-state index >= 15 is 0 Å². The van der Waals surface area contributed by atoms with Crippen molar-refractivity contribution >= 4 is 17.4 Å². The van der Waals surface area contributed by atoms with Crippen molar-refractivity contribution in [3.05, 3.63) is 47.6 Å². The molecule has 7 nitrogen and oxygen atoms in total. The molecule has 0 atom stereocenters. The number of carbonyl (C=O) groups is 1. The summed E-state index contributed by atoms with van der Waals surface area (Å²) in [5.74, 6) is -1.47. The first kappa shape index (κ1) is 12.6. The van der Waals surface area contributed by atoms with Crippen LogP contribution in [0.2, 0.25) is 0 Å². The Hall–Kier alpha value is -2.90. The topological polar surface area (TPSA) is 114 Å². The molecule has 1 aromatic carbocycles. The first-order valence-corrected chi connectivity index (χ1v) is 5.11. The summed E-state index contributed by atoms with van der Waals surface area (Å²) in [5.41, 5.74) is 5.70. The van der Waals surface area contributed by atoms with E-state index in [0.717, 1.165) is 12.1 Å². The largest absolute Gasteiger partial charge is 0.409 e. The Bertz CT molecular complexity index is 625. The van der Waals surface area contributed by atoms with Crippen LogP contribution in [0.15, 0.2) is 40.2 Å². The highest BCUT2D eigenvalue weighted by atomic mass is 19.1. The van der Waals surface area contributed by atoms with Gasteiger partial charge in [-0.25, -0.2) is 4.39 Å². The lowest BCUT2D eigenvalue weighted by Crippen LogP contribution is -2.19. The normalized spacial score (nSPS) is 11.3. The van der Waals surface area contributed by atoms with Crippen molar-refractivity contribution in [3.63, 3.8) is 0 Å². The zero-order valence-electron chi connectivity index (χ0n) is 9.50. The van der Waals surface area contributed by atoms with Gasteiger partial charge in [0.2, 0.25) is 0 Å². The van der Waals surface area contributed by atoms with Gasteiger partial charge in [-0.05, 0) is 18.2 Å². The van der Waals surface area contributed by atoms with Gasteiger partial charge >= 0.3 is 0 Å². The number of nitrogens with two attached hydrogens (primary N) is 1. The number of benzene rings is 1. The van der Waals surface area contributed by atoms with Crippen LogP contribution in [0.25, 0.3) is 0 Å². The molecule has 0 saturated carbocycles. The summed E-state index contributed by atoms with van der Waals surface area (Å²) in [5, 5.41) is 17.3. The van der Waals surface area contributed by atoms with E-state index in [2.05, 4.69) is 20.2 Å². The van der Waals surface area contributed by atoms with Gasteiger partial charge in [0, 0.05) is 11.6 Å². The molecule has 0 saturated heterocycles. The van der Waals surface area contributed by atoms with Gasteiger partial charge in [-0.3, -0.25) is 4.79 Å². The van der Waals surface area contributed by atoms with Crippen LogP contribution in [0.1, 0.15) is 16.1 Å². The summed E-state index contributed by atoms with van der Waals surface area (Å²) in [4.78, 5) is 11.8. The van der Waals surface area contributed by atoms with Crippen LogP contribution in [0.4, 0.5) is 10.1 Å². The number of hydrogen-bond acceptors (Lipinski definition) is 5. The van der Waals surface area contributed by atoms with E-state index in [9.17, 15) is 9.18 Å². The highest BCUT2D eigenvalue weighted by Gasteiger charge is 2.14. The third-order valence-electron chi connectivity index (χ3n) is 2.28. The van der Waals surface area contributed by atoms with E-state index in [4.69, 9.17) is 10.9 Å². The first-order valence-electron chi connectivity index (χ1n) is 5.11. The van der Waals surface area contributed by atoms with Gasteiger partial charge in [-0.1, -0.05) is 10.3 Å². The van der Waals surface area contributed by atoms with Crippen molar-refractivity contribution in [1.82, 2.24) is 5.16 Å². The number of nitrogens with zero attached hydrogens (tertiary/aromatic N) is 2. The molecule has 0 bridgehead atoms. The van der Waals surface area contributed by atoms with Crippen LogP contribution < -0.4 is 11.1 Å². The average Bonchev–Trinajstić information content (AvgIpc) is 2.94. The van der Waals surface area contributed by atoms with Crippen molar-refractivity contribution in [2.75, 3.05) is 5.32 Å². The molecular formula is C11H9FN4O3. The summed E-state index contributed by atoms with van der Waals surface area (Å²) in [6.07, 6.45) is 1.24. The maximum atomic E-state index is 13.1. The van der Waals surface area contributed by atoms with Crippen molar-refractivity contribution in [2.24, 2.45) is 10.9 Å². The van der Waals surface area contributed by atoms with E-state index < -0.39 is 11.7 Å². The lowest BCUT2D eigenvalue weighted by Gasteiger charge is -2.09. The molecule has 19 heavy (non-hydrogen) atoms. The summed E-state index contributed by atoms with van der Waals surface area (Å²) >= 11 is 0. The smallest absolute Gasteiger partial charge is 0.277 e. The number of halogens is 1. The molecular weight excluding hydrogens is 255 g/mol. The molecule has 0 radical (unpaired) electrons. The second kappa shape index (κ2) is 5.17. The molecule has 2 aromatic rings. The van der Waals surface area contributed by atoms with Crippen molar-refractivity contribution < 1.29 is 18.9 Å². The standard InChI is InChI=1S/C11H9FN4O3/c12-6-1-2-8(7(5-6)10(13)15-18)14-11(17)9-3-4-19-16-9/h1-5,18H,(H2,13,15)(H,14,17). The fourth-order valence-corrected chi connectivity index (χ4v) is 1.41. The minimum absolute atomic E-state index is 0.0507. The number of anilines is 1. The third kappa shape index (κ3) is 2.68. The van der Waals surface area contributed by atoms with Gasteiger partial charge in [-0.2, -0.15) is 0 Å². The molecule has 4 N–H and O–H groups in total. The molecule has 0 unspecified atom stereocenters. The number of hydrogen-bond donors (Lipinski definition) is 3. The summed E-state index contributed by atoms with van der Waals surface area (Å²) < 4.78 is 17.7. The number of rotatable bonds is 3. The molecule has 0 aliphatic carbocycles. The van der Waals surface area contributed by atoms with Crippen LogP contribution in [0, 0.1) is 5.82 Å². The van der Waals surface area contributed by atoms with Gasteiger partial charge in [0.1, 0.15) is 12.1 Å². The van der Waals surface area contributed by atoms with Crippen LogP contribution in [0.3, 0.4) is 0 Å². The Morgan fingerprint density at radius 3 is 2.89 bits per heavy atom. The molecule has 2 rings (SSSR count). The van der Waals surface area contributed by atoms with Crippen LogP contribution >= 0.6 is 0 Å². The molecule has 0 fully saturated rings.